The van der Waals surface area contributed by atoms with Gasteiger partial charge in [-0.05, 0) is 25.0 Å². The number of nitrogens with zero attached hydrogens (tertiary/aromatic N) is 2. The largest absolute Gasteiger partial charge is 0.394 e. The minimum atomic E-state index is -0.447. The summed E-state index contributed by atoms with van der Waals surface area (Å²) in [6.45, 7) is 4.84. The molecular formula is C16H23N3O. The number of aryl methyl sites for hydroxylation is 2. The van der Waals surface area contributed by atoms with Gasteiger partial charge in [-0.1, -0.05) is 37.3 Å². The molecule has 0 saturated heterocycles. The van der Waals surface area contributed by atoms with Gasteiger partial charge in [0, 0.05) is 13.6 Å². The molecular weight excluding hydrogens is 250 g/mol. The first-order valence-electron chi connectivity index (χ1n) is 7.02. The van der Waals surface area contributed by atoms with Crippen LogP contribution in [-0.4, -0.2) is 21.5 Å². The van der Waals surface area contributed by atoms with Gasteiger partial charge in [0.2, 0.25) is 0 Å². The van der Waals surface area contributed by atoms with Crippen LogP contribution in [0.3, 0.4) is 0 Å². The zero-order valence-corrected chi connectivity index (χ0v) is 12.4. The van der Waals surface area contributed by atoms with E-state index in [1.54, 1.807) is 0 Å². The molecule has 108 valence electrons. The van der Waals surface area contributed by atoms with E-state index in [0.717, 1.165) is 23.4 Å². The van der Waals surface area contributed by atoms with Gasteiger partial charge in [-0.2, -0.15) is 5.10 Å². The summed E-state index contributed by atoms with van der Waals surface area (Å²) in [7, 11) is 1.95. The molecule has 1 atom stereocenters. The molecule has 4 nitrogen and oxygen atoms in total. The third-order valence-corrected chi connectivity index (χ3v) is 3.78. The third-order valence-electron chi connectivity index (χ3n) is 3.78. The second kappa shape index (κ2) is 6.20. The Labute approximate surface area is 120 Å². The SMILES string of the molecule is CCc1cc(CNC(C)(CO)c2ccccc2)n(C)n1. The van der Waals surface area contributed by atoms with E-state index < -0.39 is 5.54 Å². The Hall–Kier alpha value is -1.65. The second-order valence-electron chi connectivity index (χ2n) is 5.31. The summed E-state index contributed by atoms with van der Waals surface area (Å²) in [5.74, 6) is 0. The third kappa shape index (κ3) is 3.08. The summed E-state index contributed by atoms with van der Waals surface area (Å²) in [5.41, 5.74) is 2.85. The quantitative estimate of drug-likeness (QED) is 0.846. The van der Waals surface area contributed by atoms with Crippen molar-refractivity contribution in [3.05, 3.63) is 53.3 Å². The topological polar surface area (TPSA) is 50.1 Å². The lowest BCUT2D eigenvalue weighted by molar-refractivity contribution is 0.172. The van der Waals surface area contributed by atoms with Gasteiger partial charge in [0.05, 0.1) is 23.5 Å². The van der Waals surface area contributed by atoms with Crippen molar-refractivity contribution in [3.63, 3.8) is 0 Å². The lowest BCUT2D eigenvalue weighted by Crippen LogP contribution is -2.42. The first-order chi connectivity index (χ1) is 9.59. The van der Waals surface area contributed by atoms with Crippen LogP contribution in [0.1, 0.15) is 30.8 Å². The Balaban J connectivity index is 2.12. The molecule has 2 N–H and O–H groups in total. The van der Waals surface area contributed by atoms with Crippen molar-refractivity contribution in [2.45, 2.75) is 32.4 Å². The van der Waals surface area contributed by atoms with E-state index in [1.807, 2.05) is 49.0 Å². The van der Waals surface area contributed by atoms with Crippen molar-refractivity contribution in [1.29, 1.82) is 0 Å². The fourth-order valence-electron chi connectivity index (χ4n) is 2.25. The van der Waals surface area contributed by atoms with E-state index in [4.69, 9.17) is 0 Å². The lowest BCUT2D eigenvalue weighted by atomic mass is 9.93. The highest BCUT2D eigenvalue weighted by Gasteiger charge is 2.25. The van der Waals surface area contributed by atoms with E-state index in [9.17, 15) is 5.11 Å². The van der Waals surface area contributed by atoms with Crippen LogP contribution in [0.2, 0.25) is 0 Å². The molecule has 20 heavy (non-hydrogen) atoms. The smallest absolute Gasteiger partial charge is 0.0652 e. The Kier molecular flexibility index (Phi) is 4.57. The summed E-state index contributed by atoms with van der Waals surface area (Å²) < 4.78 is 1.90. The molecule has 0 fully saturated rings. The average Bonchev–Trinajstić information content (AvgIpc) is 2.86. The maximum Gasteiger partial charge on any atom is 0.0652 e. The van der Waals surface area contributed by atoms with Crippen LogP contribution in [0.25, 0.3) is 0 Å². The minimum Gasteiger partial charge on any atom is -0.394 e. The Morgan fingerprint density at radius 3 is 2.55 bits per heavy atom. The molecule has 1 heterocycles. The molecule has 0 amide bonds. The fraction of sp³-hybridized carbons (Fsp3) is 0.438. The molecule has 0 aliphatic rings. The number of rotatable bonds is 6. The molecule has 4 heteroatoms. The number of aliphatic hydroxyl groups excluding tert-OH is 1. The first-order valence-corrected chi connectivity index (χ1v) is 7.02. The molecule has 1 unspecified atom stereocenters. The number of nitrogens with one attached hydrogen (secondary N) is 1. The lowest BCUT2D eigenvalue weighted by Gasteiger charge is -2.29. The maximum absolute atomic E-state index is 9.75. The van der Waals surface area contributed by atoms with E-state index in [2.05, 4.69) is 23.4 Å². The minimum absolute atomic E-state index is 0.0511. The molecule has 0 aliphatic heterocycles. The predicted molar refractivity (Wildman–Crippen MR) is 80.3 cm³/mol. The van der Waals surface area contributed by atoms with Crippen LogP contribution in [0.15, 0.2) is 36.4 Å². The highest BCUT2D eigenvalue weighted by atomic mass is 16.3. The Bertz CT molecular complexity index is 550. The summed E-state index contributed by atoms with van der Waals surface area (Å²) in [4.78, 5) is 0. The summed E-state index contributed by atoms with van der Waals surface area (Å²) in [6.07, 6.45) is 0.934. The highest BCUT2D eigenvalue weighted by Crippen LogP contribution is 2.20. The molecule has 2 rings (SSSR count). The van der Waals surface area contributed by atoms with Crippen LogP contribution >= 0.6 is 0 Å². The van der Waals surface area contributed by atoms with Crippen LogP contribution in [0, 0.1) is 0 Å². The summed E-state index contributed by atoms with van der Waals surface area (Å²) in [5, 5.41) is 17.6. The van der Waals surface area contributed by atoms with Gasteiger partial charge in [0.25, 0.3) is 0 Å². The monoisotopic (exact) mass is 273 g/mol. The van der Waals surface area contributed by atoms with Crippen LogP contribution in [-0.2, 0) is 25.6 Å². The van der Waals surface area contributed by atoms with E-state index in [0.29, 0.717) is 6.54 Å². The first kappa shape index (κ1) is 14.8. The van der Waals surface area contributed by atoms with Crippen LogP contribution in [0.4, 0.5) is 0 Å². The van der Waals surface area contributed by atoms with Gasteiger partial charge < -0.3 is 10.4 Å². The van der Waals surface area contributed by atoms with Gasteiger partial charge in [0.1, 0.15) is 0 Å². The number of hydrogen-bond acceptors (Lipinski definition) is 3. The summed E-state index contributed by atoms with van der Waals surface area (Å²) >= 11 is 0. The Morgan fingerprint density at radius 2 is 2.00 bits per heavy atom. The van der Waals surface area contributed by atoms with Crippen molar-refractivity contribution in [2.24, 2.45) is 7.05 Å². The fourth-order valence-corrected chi connectivity index (χ4v) is 2.25. The zero-order valence-electron chi connectivity index (χ0n) is 12.4. The van der Waals surface area contributed by atoms with Crippen molar-refractivity contribution in [3.8, 4) is 0 Å². The summed E-state index contributed by atoms with van der Waals surface area (Å²) in [6, 6.07) is 12.1. The number of aromatic nitrogens is 2. The molecule has 0 bridgehead atoms. The van der Waals surface area contributed by atoms with Crippen molar-refractivity contribution >= 4 is 0 Å². The van der Waals surface area contributed by atoms with Crippen LogP contribution in [0.5, 0.6) is 0 Å². The second-order valence-corrected chi connectivity index (χ2v) is 5.31. The average molecular weight is 273 g/mol. The maximum atomic E-state index is 9.75. The molecule has 0 radical (unpaired) electrons. The van der Waals surface area contributed by atoms with Gasteiger partial charge >= 0.3 is 0 Å². The highest BCUT2D eigenvalue weighted by molar-refractivity contribution is 5.24. The van der Waals surface area contributed by atoms with E-state index >= 15 is 0 Å². The number of aliphatic hydroxyl groups is 1. The molecule has 1 aromatic carbocycles. The van der Waals surface area contributed by atoms with E-state index in [-0.39, 0.29) is 6.61 Å². The number of benzene rings is 1. The van der Waals surface area contributed by atoms with Crippen molar-refractivity contribution in [2.75, 3.05) is 6.61 Å². The van der Waals surface area contributed by atoms with Crippen molar-refractivity contribution in [1.82, 2.24) is 15.1 Å². The standard InChI is InChI=1S/C16H23N3O/c1-4-14-10-15(19(3)18-14)11-17-16(2,12-20)13-8-6-5-7-9-13/h5-10,17,20H,4,11-12H2,1-3H3. The van der Waals surface area contributed by atoms with Gasteiger partial charge in [-0.25, -0.2) is 0 Å². The number of hydrogen-bond donors (Lipinski definition) is 2. The Morgan fingerprint density at radius 1 is 1.30 bits per heavy atom. The molecule has 0 spiro atoms. The van der Waals surface area contributed by atoms with Crippen LogP contribution < -0.4 is 5.32 Å². The van der Waals surface area contributed by atoms with Gasteiger partial charge in [-0.3, -0.25) is 4.68 Å². The van der Waals surface area contributed by atoms with Crippen molar-refractivity contribution < 1.29 is 5.11 Å². The van der Waals surface area contributed by atoms with E-state index in [1.165, 1.54) is 0 Å². The van der Waals surface area contributed by atoms with Gasteiger partial charge in [-0.15, -0.1) is 0 Å². The zero-order chi connectivity index (χ0) is 14.6. The normalized spacial score (nSPS) is 14.2. The molecule has 1 aromatic heterocycles. The predicted octanol–water partition coefficient (Wildman–Crippen LogP) is 1.98. The molecule has 0 saturated carbocycles. The van der Waals surface area contributed by atoms with Gasteiger partial charge in [0.15, 0.2) is 0 Å². The molecule has 0 aliphatic carbocycles. The molecule has 2 aromatic rings.